The van der Waals surface area contributed by atoms with Crippen molar-refractivity contribution in [2.24, 2.45) is 5.92 Å². The summed E-state index contributed by atoms with van der Waals surface area (Å²) < 4.78 is 40.0. The van der Waals surface area contributed by atoms with Gasteiger partial charge in [0.05, 0.1) is 5.69 Å². The summed E-state index contributed by atoms with van der Waals surface area (Å²) >= 11 is 0. The first-order valence-corrected chi connectivity index (χ1v) is 8.83. The smallest absolute Gasteiger partial charge is 0.245 e. The van der Waals surface area contributed by atoms with Crippen molar-refractivity contribution < 1.29 is 12.8 Å². The van der Waals surface area contributed by atoms with Crippen molar-refractivity contribution in [2.45, 2.75) is 50.0 Å². The van der Waals surface area contributed by atoms with E-state index in [9.17, 15) is 12.8 Å². The van der Waals surface area contributed by atoms with Gasteiger partial charge >= 0.3 is 0 Å². The summed E-state index contributed by atoms with van der Waals surface area (Å²) in [6.45, 7) is 2.17. The Labute approximate surface area is 126 Å². The maximum Gasteiger partial charge on any atom is 0.245 e. The van der Waals surface area contributed by atoms with Gasteiger partial charge < -0.3 is 5.73 Å². The quantitative estimate of drug-likeness (QED) is 0.869. The van der Waals surface area contributed by atoms with Crippen LogP contribution in [0.15, 0.2) is 23.1 Å². The molecule has 2 rings (SSSR count). The summed E-state index contributed by atoms with van der Waals surface area (Å²) in [5.41, 5.74) is 5.80. The molecule has 1 aliphatic rings. The van der Waals surface area contributed by atoms with Gasteiger partial charge in [-0.15, -0.1) is 0 Å². The van der Waals surface area contributed by atoms with E-state index in [1.54, 1.807) is 7.05 Å². The van der Waals surface area contributed by atoms with Crippen molar-refractivity contribution in [3.05, 3.63) is 24.0 Å². The molecule has 0 radical (unpaired) electrons. The Balaban J connectivity index is 2.21. The third-order valence-electron chi connectivity index (χ3n) is 4.54. The van der Waals surface area contributed by atoms with Gasteiger partial charge in [0.15, 0.2) is 0 Å². The molecule has 0 spiro atoms. The molecule has 6 heteroatoms. The third kappa shape index (κ3) is 3.37. The zero-order valence-corrected chi connectivity index (χ0v) is 13.4. The molecule has 0 amide bonds. The molecule has 4 nitrogen and oxygen atoms in total. The van der Waals surface area contributed by atoms with Gasteiger partial charge in [0.1, 0.15) is 10.7 Å². The molecular formula is C15H23FN2O2S. The Kier molecular flexibility index (Phi) is 4.88. The Morgan fingerprint density at radius 1 is 1.29 bits per heavy atom. The monoisotopic (exact) mass is 314 g/mol. The molecule has 0 aromatic heterocycles. The van der Waals surface area contributed by atoms with E-state index < -0.39 is 15.8 Å². The van der Waals surface area contributed by atoms with Gasteiger partial charge in [-0.05, 0) is 49.8 Å². The Bertz CT molecular complexity index is 596. The molecule has 1 fully saturated rings. The van der Waals surface area contributed by atoms with Crippen LogP contribution in [0, 0.1) is 11.7 Å². The molecule has 1 aromatic carbocycles. The number of anilines is 1. The van der Waals surface area contributed by atoms with Crippen LogP contribution >= 0.6 is 0 Å². The lowest BCUT2D eigenvalue weighted by atomic mass is 9.85. The Morgan fingerprint density at radius 3 is 2.48 bits per heavy atom. The molecule has 1 aromatic rings. The number of hydrogen-bond acceptors (Lipinski definition) is 3. The predicted molar refractivity (Wildman–Crippen MR) is 81.8 cm³/mol. The molecule has 0 atom stereocenters. The number of sulfonamides is 1. The molecular weight excluding hydrogens is 291 g/mol. The van der Waals surface area contributed by atoms with Crippen LogP contribution in [0.2, 0.25) is 0 Å². The average molecular weight is 314 g/mol. The van der Waals surface area contributed by atoms with E-state index >= 15 is 0 Å². The molecule has 0 saturated heterocycles. The van der Waals surface area contributed by atoms with Crippen molar-refractivity contribution in [1.29, 1.82) is 0 Å². The highest BCUT2D eigenvalue weighted by atomic mass is 32.2. The van der Waals surface area contributed by atoms with Crippen molar-refractivity contribution in [2.75, 3.05) is 12.8 Å². The van der Waals surface area contributed by atoms with E-state index in [1.807, 2.05) is 0 Å². The number of benzene rings is 1. The van der Waals surface area contributed by atoms with Gasteiger partial charge in [0, 0.05) is 13.1 Å². The van der Waals surface area contributed by atoms with Crippen LogP contribution in [0.1, 0.15) is 39.0 Å². The standard InChI is InChI=1S/C15H23FN2O2S/c1-3-11-4-7-13(8-5-11)18(2)21(19,20)15-10-12(16)6-9-14(15)17/h6,9-11,13H,3-5,7-8,17H2,1-2H3. The van der Waals surface area contributed by atoms with Crippen molar-refractivity contribution in [3.8, 4) is 0 Å². The summed E-state index contributed by atoms with van der Waals surface area (Å²) in [5, 5.41) is 0. The highest BCUT2D eigenvalue weighted by Crippen LogP contribution is 2.32. The summed E-state index contributed by atoms with van der Waals surface area (Å²) in [6.07, 6.45) is 4.92. The summed E-state index contributed by atoms with van der Waals surface area (Å²) in [5.74, 6) is 0.0995. The number of nitrogens with zero attached hydrogens (tertiary/aromatic N) is 1. The zero-order valence-electron chi connectivity index (χ0n) is 12.5. The van der Waals surface area contributed by atoms with Crippen molar-refractivity contribution in [3.63, 3.8) is 0 Å². The lowest BCUT2D eigenvalue weighted by molar-refractivity contribution is 0.233. The van der Waals surface area contributed by atoms with Gasteiger partial charge in [-0.3, -0.25) is 0 Å². The lowest BCUT2D eigenvalue weighted by Gasteiger charge is -2.33. The molecule has 0 bridgehead atoms. The Morgan fingerprint density at radius 2 is 1.90 bits per heavy atom. The van der Waals surface area contributed by atoms with Gasteiger partial charge in [-0.1, -0.05) is 13.3 Å². The van der Waals surface area contributed by atoms with Crippen LogP contribution in [0.25, 0.3) is 0 Å². The topological polar surface area (TPSA) is 63.4 Å². The van der Waals surface area contributed by atoms with E-state index in [0.29, 0.717) is 5.92 Å². The second-order valence-electron chi connectivity index (χ2n) is 5.79. The summed E-state index contributed by atoms with van der Waals surface area (Å²) in [6, 6.07) is 3.43. The van der Waals surface area contributed by atoms with Crippen LogP contribution in [0.4, 0.5) is 10.1 Å². The van der Waals surface area contributed by atoms with E-state index in [1.165, 1.54) is 16.4 Å². The SMILES string of the molecule is CCC1CCC(N(C)S(=O)(=O)c2cc(F)ccc2N)CC1. The minimum Gasteiger partial charge on any atom is -0.398 e. The van der Waals surface area contributed by atoms with Crippen LogP contribution in [0.3, 0.4) is 0 Å². The molecule has 0 aliphatic heterocycles. The van der Waals surface area contributed by atoms with E-state index in [2.05, 4.69) is 6.92 Å². The maximum atomic E-state index is 13.3. The third-order valence-corrected chi connectivity index (χ3v) is 6.51. The largest absolute Gasteiger partial charge is 0.398 e. The fraction of sp³-hybridized carbons (Fsp3) is 0.600. The van der Waals surface area contributed by atoms with E-state index in [4.69, 9.17) is 5.73 Å². The van der Waals surface area contributed by atoms with E-state index in [0.717, 1.165) is 38.2 Å². The number of halogens is 1. The first kappa shape index (κ1) is 16.2. The minimum atomic E-state index is -3.75. The highest BCUT2D eigenvalue weighted by molar-refractivity contribution is 7.89. The fourth-order valence-corrected chi connectivity index (χ4v) is 4.54. The highest BCUT2D eigenvalue weighted by Gasteiger charge is 2.32. The van der Waals surface area contributed by atoms with Gasteiger partial charge in [0.25, 0.3) is 0 Å². The number of hydrogen-bond donors (Lipinski definition) is 1. The first-order valence-electron chi connectivity index (χ1n) is 7.39. The molecule has 1 saturated carbocycles. The Hall–Kier alpha value is -1.14. The van der Waals surface area contributed by atoms with Crippen LogP contribution in [0.5, 0.6) is 0 Å². The molecule has 21 heavy (non-hydrogen) atoms. The second-order valence-corrected chi connectivity index (χ2v) is 7.75. The normalized spacial score (nSPS) is 23.4. The van der Waals surface area contributed by atoms with Gasteiger partial charge in [-0.25, -0.2) is 12.8 Å². The molecule has 0 unspecified atom stereocenters. The number of nitrogen functional groups attached to an aromatic ring is 1. The lowest BCUT2D eigenvalue weighted by Crippen LogP contribution is -2.39. The van der Waals surface area contributed by atoms with Gasteiger partial charge in [-0.2, -0.15) is 4.31 Å². The predicted octanol–water partition coefficient (Wildman–Crippen LogP) is 3.00. The van der Waals surface area contributed by atoms with Gasteiger partial charge in [0.2, 0.25) is 10.0 Å². The van der Waals surface area contributed by atoms with Crippen molar-refractivity contribution in [1.82, 2.24) is 4.31 Å². The minimum absolute atomic E-state index is 0.0273. The maximum absolute atomic E-state index is 13.3. The first-order chi connectivity index (χ1) is 9.86. The van der Waals surface area contributed by atoms with Crippen LogP contribution < -0.4 is 5.73 Å². The van der Waals surface area contributed by atoms with Crippen LogP contribution in [-0.4, -0.2) is 25.8 Å². The average Bonchev–Trinajstić information content (AvgIpc) is 2.49. The summed E-state index contributed by atoms with van der Waals surface area (Å²) in [4.78, 5) is -0.136. The summed E-state index contributed by atoms with van der Waals surface area (Å²) in [7, 11) is -2.18. The van der Waals surface area contributed by atoms with Crippen LogP contribution in [-0.2, 0) is 10.0 Å². The van der Waals surface area contributed by atoms with Crippen molar-refractivity contribution >= 4 is 15.7 Å². The molecule has 2 N–H and O–H groups in total. The molecule has 1 aliphatic carbocycles. The number of nitrogens with two attached hydrogens (primary N) is 1. The second kappa shape index (κ2) is 6.32. The number of rotatable bonds is 4. The molecule has 0 heterocycles. The molecule has 118 valence electrons. The zero-order chi connectivity index (χ0) is 15.6. The fourth-order valence-electron chi connectivity index (χ4n) is 3.00. The van der Waals surface area contributed by atoms with E-state index in [-0.39, 0.29) is 16.6 Å².